The number of hydrogen-bond donors (Lipinski definition) is 2. The summed E-state index contributed by atoms with van der Waals surface area (Å²) in [4.78, 5) is 25.0. The van der Waals surface area contributed by atoms with E-state index in [-0.39, 0.29) is 12.3 Å². The normalized spacial score (nSPS) is 11.0. The molecule has 0 saturated heterocycles. The van der Waals surface area contributed by atoms with Gasteiger partial charge in [0.25, 0.3) is 5.91 Å². The Kier molecular flexibility index (Phi) is 4.33. The van der Waals surface area contributed by atoms with E-state index in [9.17, 15) is 20.0 Å². The average Bonchev–Trinajstić information content (AvgIpc) is 3.05. The third-order valence-electron chi connectivity index (χ3n) is 3.32. The maximum Gasteiger partial charge on any atom is 0.490 e. The van der Waals surface area contributed by atoms with Crippen molar-refractivity contribution in [2.75, 3.05) is 0 Å². The summed E-state index contributed by atoms with van der Waals surface area (Å²) in [5.41, 5.74) is 2.74. The van der Waals surface area contributed by atoms with Gasteiger partial charge in [-0.2, -0.15) is 9.78 Å². The second kappa shape index (κ2) is 6.74. The smallest absolute Gasteiger partial charge is 0.490 e. The number of phenolic OH excluding ortho intramolecular Hbond substituents is 1. The van der Waals surface area contributed by atoms with E-state index < -0.39 is 16.8 Å². The Morgan fingerprint density at radius 3 is 2.92 bits per heavy atom. The Morgan fingerprint density at radius 2 is 2.16 bits per heavy atom. The molecule has 10 nitrogen and oxygen atoms in total. The molecule has 1 heterocycles. The number of nitro groups is 1. The van der Waals surface area contributed by atoms with Crippen molar-refractivity contribution in [2.45, 2.75) is 6.54 Å². The zero-order valence-electron chi connectivity index (χ0n) is 12.7. The number of aromatic hydroxyl groups is 1. The predicted molar refractivity (Wildman–Crippen MR) is 88.0 cm³/mol. The van der Waals surface area contributed by atoms with Crippen molar-refractivity contribution in [1.82, 2.24) is 20.2 Å². The highest BCUT2D eigenvalue weighted by atomic mass is 16.6. The molecule has 3 aromatic rings. The summed E-state index contributed by atoms with van der Waals surface area (Å²) in [5, 5.41) is 29.5. The number of benzene rings is 2. The molecule has 0 saturated carbocycles. The number of rotatable bonds is 5. The van der Waals surface area contributed by atoms with Crippen LogP contribution >= 0.6 is 0 Å². The molecule has 25 heavy (non-hydrogen) atoms. The van der Waals surface area contributed by atoms with Crippen molar-refractivity contribution >= 4 is 28.8 Å². The Hall–Kier alpha value is -3.82. The molecule has 0 aliphatic carbocycles. The van der Waals surface area contributed by atoms with Crippen LogP contribution in [0, 0.1) is 10.1 Å². The number of carbonyl (C=O) groups excluding carboxylic acids is 1. The number of hydrazone groups is 1. The standard InChI is InChI=1S/C15H12N6O4/c22-13-6-5-10-3-1-2-4-11(10)12(13)7-17-18-14(23)8-20-9-16-15(19-20)21(24)25/h1-7,9,22H,8H2,(H,18,23). The molecule has 126 valence electrons. The SMILES string of the molecule is O=C(Cn1cnc([N+](=O)[O-])n1)NN=Cc1c(O)ccc2ccccc12. The fourth-order valence-corrected chi connectivity index (χ4v) is 2.22. The van der Waals surface area contributed by atoms with Gasteiger partial charge < -0.3 is 15.2 Å². The van der Waals surface area contributed by atoms with Crippen LogP contribution in [0.3, 0.4) is 0 Å². The fraction of sp³-hybridized carbons (Fsp3) is 0.0667. The monoisotopic (exact) mass is 340 g/mol. The first-order valence-corrected chi connectivity index (χ1v) is 7.11. The number of nitrogens with zero attached hydrogens (tertiary/aromatic N) is 5. The molecule has 1 aromatic heterocycles. The Bertz CT molecular complexity index is 981. The van der Waals surface area contributed by atoms with Crippen LogP contribution in [0.5, 0.6) is 5.75 Å². The summed E-state index contributed by atoms with van der Waals surface area (Å²) in [6, 6.07) is 10.7. The molecule has 0 aliphatic heterocycles. The lowest BCUT2D eigenvalue weighted by atomic mass is 10.0. The predicted octanol–water partition coefficient (Wildman–Crippen LogP) is 1.20. The van der Waals surface area contributed by atoms with Gasteiger partial charge in [0.05, 0.1) is 6.21 Å². The van der Waals surface area contributed by atoms with Crippen LogP contribution in [0.15, 0.2) is 47.8 Å². The highest BCUT2D eigenvalue weighted by molar-refractivity contribution is 6.02. The van der Waals surface area contributed by atoms with Crippen molar-refractivity contribution in [3.8, 4) is 5.75 Å². The van der Waals surface area contributed by atoms with Gasteiger partial charge >= 0.3 is 5.95 Å². The van der Waals surface area contributed by atoms with Crippen LogP contribution in [0.1, 0.15) is 5.56 Å². The summed E-state index contributed by atoms with van der Waals surface area (Å²) in [6.07, 6.45) is 2.41. The van der Waals surface area contributed by atoms with Gasteiger partial charge in [-0.05, 0) is 21.8 Å². The number of carbonyl (C=O) groups is 1. The van der Waals surface area contributed by atoms with Gasteiger partial charge in [0.1, 0.15) is 12.3 Å². The Morgan fingerprint density at radius 1 is 1.36 bits per heavy atom. The minimum absolute atomic E-state index is 0.0311. The second-order valence-electron chi connectivity index (χ2n) is 5.01. The number of nitrogens with one attached hydrogen (secondary N) is 1. The summed E-state index contributed by atoms with van der Waals surface area (Å²) in [5.74, 6) is -1.10. The molecule has 2 aromatic carbocycles. The van der Waals surface area contributed by atoms with E-state index >= 15 is 0 Å². The topological polar surface area (TPSA) is 136 Å². The second-order valence-corrected chi connectivity index (χ2v) is 5.01. The van der Waals surface area contributed by atoms with Crippen LogP contribution in [0.2, 0.25) is 0 Å². The average molecular weight is 340 g/mol. The molecule has 0 atom stereocenters. The first-order valence-electron chi connectivity index (χ1n) is 7.11. The lowest BCUT2D eigenvalue weighted by Crippen LogP contribution is -2.23. The summed E-state index contributed by atoms with van der Waals surface area (Å²) in [7, 11) is 0. The van der Waals surface area contributed by atoms with E-state index in [1.165, 1.54) is 6.21 Å². The van der Waals surface area contributed by atoms with Crippen LogP contribution in [0.4, 0.5) is 5.95 Å². The lowest BCUT2D eigenvalue weighted by molar-refractivity contribution is -0.394. The van der Waals surface area contributed by atoms with Gasteiger partial charge in [-0.1, -0.05) is 35.3 Å². The highest BCUT2D eigenvalue weighted by Crippen LogP contribution is 2.25. The van der Waals surface area contributed by atoms with Gasteiger partial charge in [0.2, 0.25) is 6.33 Å². The molecule has 1 amide bonds. The first kappa shape index (κ1) is 16.1. The van der Waals surface area contributed by atoms with E-state index in [0.717, 1.165) is 21.8 Å². The molecule has 0 aliphatic rings. The zero-order chi connectivity index (χ0) is 17.8. The summed E-state index contributed by atoms with van der Waals surface area (Å²) < 4.78 is 1.03. The summed E-state index contributed by atoms with van der Waals surface area (Å²) in [6.45, 7) is -0.278. The molecular formula is C15H12N6O4. The minimum Gasteiger partial charge on any atom is -0.507 e. The third-order valence-corrected chi connectivity index (χ3v) is 3.32. The van der Waals surface area contributed by atoms with E-state index in [4.69, 9.17) is 0 Å². The fourth-order valence-electron chi connectivity index (χ4n) is 2.22. The molecule has 0 spiro atoms. The van der Waals surface area contributed by atoms with Gasteiger partial charge in [0, 0.05) is 10.7 Å². The molecule has 0 radical (unpaired) electrons. The minimum atomic E-state index is -0.754. The van der Waals surface area contributed by atoms with Gasteiger partial charge in [-0.15, -0.1) is 0 Å². The summed E-state index contributed by atoms with van der Waals surface area (Å²) >= 11 is 0. The molecule has 3 rings (SSSR count). The van der Waals surface area contributed by atoms with Crippen molar-refractivity contribution in [1.29, 1.82) is 0 Å². The maximum atomic E-state index is 11.8. The number of phenols is 1. The van der Waals surface area contributed by atoms with Crippen molar-refractivity contribution in [2.24, 2.45) is 5.10 Å². The lowest BCUT2D eigenvalue weighted by Gasteiger charge is -2.04. The largest absolute Gasteiger partial charge is 0.507 e. The van der Waals surface area contributed by atoms with Gasteiger partial charge in [-0.3, -0.25) is 4.79 Å². The van der Waals surface area contributed by atoms with E-state index in [0.29, 0.717) is 5.56 Å². The molecule has 2 N–H and O–H groups in total. The van der Waals surface area contributed by atoms with Gasteiger partial charge in [0.15, 0.2) is 0 Å². The molecule has 10 heteroatoms. The zero-order valence-corrected chi connectivity index (χ0v) is 12.7. The molecule has 0 fully saturated rings. The number of aromatic nitrogens is 3. The first-order chi connectivity index (χ1) is 12.0. The Balaban J connectivity index is 1.69. The maximum absolute atomic E-state index is 11.8. The van der Waals surface area contributed by atoms with Crippen LogP contribution < -0.4 is 5.43 Å². The Labute approximate surface area is 140 Å². The van der Waals surface area contributed by atoms with Crippen molar-refractivity contribution in [3.05, 3.63) is 58.4 Å². The quantitative estimate of drug-likeness (QED) is 0.407. The van der Waals surface area contributed by atoms with Crippen molar-refractivity contribution < 1.29 is 14.8 Å². The van der Waals surface area contributed by atoms with E-state index in [1.54, 1.807) is 12.1 Å². The van der Waals surface area contributed by atoms with Crippen molar-refractivity contribution in [3.63, 3.8) is 0 Å². The number of hydrogen-bond acceptors (Lipinski definition) is 7. The number of amides is 1. The molecular weight excluding hydrogens is 328 g/mol. The van der Waals surface area contributed by atoms with Gasteiger partial charge in [-0.25, -0.2) is 5.43 Å². The highest BCUT2D eigenvalue weighted by Gasteiger charge is 2.14. The van der Waals surface area contributed by atoms with Crippen LogP contribution in [0.25, 0.3) is 10.8 Å². The third kappa shape index (κ3) is 3.58. The number of fused-ring (bicyclic) bond motifs is 1. The molecule has 0 unspecified atom stereocenters. The van der Waals surface area contributed by atoms with Crippen LogP contribution in [-0.2, 0) is 11.3 Å². The molecule has 0 bridgehead atoms. The van der Waals surface area contributed by atoms with E-state index in [2.05, 4.69) is 20.6 Å². The van der Waals surface area contributed by atoms with E-state index in [1.807, 2.05) is 24.3 Å². The van der Waals surface area contributed by atoms with Crippen LogP contribution in [-0.4, -0.2) is 36.9 Å².